The molecule has 1 aliphatic heterocycles. The molecule has 0 amide bonds. The second-order valence-corrected chi connectivity index (χ2v) is 5.43. The number of benzene rings is 1. The number of carbonyl (C=O) groups is 1. The number of hydrogen-bond donors (Lipinski definition) is 1. The van der Waals surface area contributed by atoms with Crippen molar-refractivity contribution in [1.29, 1.82) is 5.26 Å². The number of nitrogens with zero attached hydrogens (tertiary/aromatic N) is 3. The first-order valence-corrected chi connectivity index (χ1v) is 6.54. The summed E-state index contributed by atoms with van der Waals surface area (Å²) in [5.41, 5.74) is -0.125. The first-order valence-electron chi connectivity index (χ1n) is 6.54. The van der Waals surface area contributed by atoms with Crippen LogP contribution in [0, 0.1) is 26.9 Å². The summed E-state index contributed by atoms with van der Waals surface area (Å²) in [5.74, 6) is -0.845. The number of nitro groups is 1. The normalized spacial score (nSPS) is 17.0. The molecule has 1 fully saturated rings. The zero-order valence-corrected chi connectivity index (χ0v) is 11.6. The van der Waals surface area contributed by atoms with E-state index in [2.05, 4.69) is 0 Å². The Morgan fingerprint density at radius 3 is 2.57 bits per heavy atom. The lowest BCUT2D eigenvalue weighted by atomic mass is 9.80. The minimum Gasteiger partial charge on any atom is -0.481 e. The quantitative estimate of drug-likeness (QED) is 0.674. The summed E-state index contributed by atoms with van der Waals surface area (Å²) >= 11 is 0. The minimum absolute atomic E-state index is 0.0621. The summed E-state index contributed by atoms with van der Waals surface area (Å²) in [5, 5.41) is 29.2. The lowest BCUT2D eigenvalue weighted by Gasteiger charge is -2.37. The van der Waals surface area contributed by atoms with Crippen LogP contribution in [0.3, 0.4) is 0 Å². The van der Waals surface area contributed by atoms with Gasteiger partial charge in [-0.05, 0) is 31.9 Å². The molecule has 0 atom stereocenters. The molecule has 1 aromatic carbocycles. The summed E-state index contributed by atoms with van der Waals surface area (Å²) in [6, 6.07) is 6.18. The van der Waals surface area contributed by atoms with Crippen molar-refractivity contribution >= 4 is 17.3 Å². The number of aliphatic carboxylic acids is 1. The van der Waals surface area contributed by atoms with Gasteiger partial charge in [-0.1, -0.05) is 0 Å². The zero-order chi connectivity index (χ0) is 15.6. The van der Waals surface area contributed by atoms with Gasteiger partial charge in [-0.15, -0.1) is 0 Å². The Balaban J connectivity index is 2.29. The van der Waals surface area contributed by atoms with Gasteiger partial charge in [0.05, 0.1) is 22.0 Å². The number of carboxylic acids is 1. The van der Waals surface area contributed by atoms with Crippen LogP contribution in [-0.2, 0) is 4.79 Å². The van der Waals surface area contributed by atoms with E-state index in [0.29, 0.717) is 37.2 Å². The Morgan fingerprint density at radius 2 is 2.10 bits per heavy atom. The molecule has 1 N–H and O–H groups in total. The topological polar surface area (TPSA) is 107 Å². The Hall–Kier alpha value is -2.62. The standard InChI is InChI=1S/C14H15N3O4/c1-14(13(18)19)4-6-16(7-5-14)12-8-10(9-15)2-3-11(12)17(20)21/h2-3,8H,4-7H2,1H3,(H,18,19). The molecule has 0 saturated carbocycles. The molecular weight excluding hydrogens is 274 g/mol. The molecule has 1 aliphatic rings. The van der Waals surface area contributed by atoms with Crippen LogP contribution in [0.1, 0.15) is 25.3 Å². The van der Waals surface area contributed by atoms with E-state index in [1.54, 1.807) is 11.8 Å². The van der Waals surface area contributed by atoms with Crippen molar-refractivity contribution in [1.82, 2.24) is 0 Å². The molecule has 110 valence electrons. The van der Waals surface area contributed by atoms with Crippen molar-refractivity contribution in [2.45, 2.75) is 19.8 Å². The molecule has 21 heavy (non-hydrogen) atoms. The van der Waals surface area contributed by atoms with E-state index in [0.717, 1.165) is 0 Å². The summed E-state index contributed by atoms with van der Waals surface area (Å²) in [7, 11) is 0. The van der Waals surface area contributed by atoms with Crippen molar-refractivity contribution in [3.05, 3.63) is 33.9 Å². The molecule has 1 aromatic rings. The molecule has 0 aliphatic carbocycles. The maximum absolute atomic E-state index is 11.2. The highest BCUT2D eigenvalue weighted by Gasteiger charge is 2.38. The molecule has 2 rings (SSSR count). The van der Waals surface area contributed by atoms with E-state index in [-0.39, 0.29) is 5.69 Å². The van der Waals surface area contributed by atoms with Crippen LogP contribution in [0.2, 0.25) is 0 Å². The summed E-state index contributed by atoms with van der Waals surface area (Å²) in [6.07, 6.45) is 0.826. The fourth-order valence-corrected chi connectivity index (χ4v) is 2.46. The summed E-state index contributed by atoms with van der Waals surface area (Å²) in [4.78, 5) is 23.6. The molecule has 7 nitrogen and oxygen atoms in total. The molecule has 0 aromatic heterocycles. The fourth-order valence-electron chi connectivity index (χ4n) is 2.46. The smallest absolute Gasteiger partial charge is 0.309 e. The average Bonchev–Trinajstić information content (AvgIpc) is 2.47. The highest BCUT2D eigenvalue weighted by atomic mass is 16.6. The number of nitriles is 1. The SMILES string of the molecule is CC1(C(=O)O)CCN(c2cc(C#N)ccc2[N+](=O)[O-])CC1. The van der Waals surface area contributed by atoms with Gasteiger partial charge in [0.1, 0.15) is 5.69 Å². The van der Waals surface area contributed by atoms with Crippen molar-refractivity contribution in [2.75, 3.05) is 18.0 Å². The van der Waals surface area contributed by atoms with E-state index in [1.165, 1.54) is 18.2 Å². The maximum Gasteiger partial charge on any atom is 0.309 e. The van der Waals surface area contributed by atoms with E-state index >= 15 is 0 Å². The number of anilines is 1. The van der Waals surface area contributed by atoms with Gasteiger partial charge in [0.25, 0.3) is 5.69 Å². The fraction of sp³-hybridized carbons (Fsp3) is 0.429. The Labute approximate surface area is 121 Å². The zero-order valence-electron chi connectivity index (χ0n) is 11.6. The first-order chi connectivity index (χ1) is 9.87. The van der Waals surface area contributed by atoms with Gasteiger partial charge in [-0.3, -0.25) is 14.9 Å². The Morgan fingerprint density at radius 1 is 1.48 bits per heavy atom. The molecule has 1 heterocycles. The lowest BCUT2D eigenvalue weighted by molar-refractivity contribution is -0.384. The number of rotatable bonds is 3. The van der Waals surface area contributed by atoms with E-state index in [4.69, 9.17) is 5.26 Å². The van der Waals surface area contributed by atoms with Crippen LogP contribution in [0.4, 0.5) is 11.4 Å². The monoisotopic (exact) mass is 289 g/mol. The van der Waals surface area contributed by atoms with Gasteiger partial charge in [0.2, 0.25) is 0 Å². The van der Waals surface area contributed by atoms with E-state index in [1.807, 2.05) is 6.07 Å². The molecule has 0 unspecified atom stereocenters. The van der Waals surface area contributed by atoms with E-state index < -0.39 is 16.3 Å². The van der Waals surface area contributed by atoms with Gasteiger partial charge in [-0.2, -0.15) is 5.26 Å². The number of nitro benzene ring substituents is 1. The van der Waals surface area contributed by atoms with Crippen LogP contribution in [0.5, 0.6) is 0 Å². The second-order valence-electron chi connectivity index (χ2n) is 5.43. The molecular formula is C14H15N3O4. The first kappa shape index (κ1) is 14.8. The van der Waals surface area contributed by atoms with Crippen LogP contribution in [0.25, 0.3) is 0 Å². The van der Waals surface area contributed by atoms with Crippen LogP contribution < -0.4 is 4.90 Å². The lowest BCUT2D eigenvalue weighted by Crippen LogP contribution is -2.42. The predicted octanol–water partition coefficient (Wildman–Crippen LogP) is 2.16. The predicted molar refractivity (Wildman–Crippen MR) is 75.0 cm³/mol. The van der Waals surface area contributed by atoms with Crippen LogP contribution >= 0.6 is 0 Å². The van der Waals surface area contributed by atoms with Crippen molar-refractivity contribution < 1.29 is 14.8 Å². The third-order valence-electron chi connectivity index (χ3n) is 4.03. The largest absolute Gasteiger partial charge is 0.481 e. The molecule has 7 heteroatoms. The Kier molecular flexibility index (Phi) is 3.80. The number of carboxylic acid groups (broad SMARTS) is 1. The van der Waals surface area contributed by atoms with E-state index in [9.17, 15) is 20.0 Å². The summed E-state index contributed by atoms with van der Waals surface area (Å²) < 4.78 is 0. The van der Waals surface area contributed by atoms with Crippen molar-refractivity contribution in [3.63, 3.8) is 0 Å². The van der Waals surface area contributed by atoms with Gasteiger partial charge >= 0.3 is 5.97 Å². The third kappa shape index (κ3) is 2.79. The molecule has 0 bridgehead atoms. The summed E-state index contributed by atoms with van der Waals surface area (Å²) in [6.45, 7) is 2.52. The highest BCUT2D eigenvalue weighted by Crippen LogP contribution is 2.36. The third-order valence-corrected chi connectivity index (χ3v) is 4.03. The molecule has 0 spiro atoms. The van der Waals surface area contributed by atoms with Crippen LogP contribution in [0.15, 0.2) is 18.2 Å². The van der Waals surface area contributed by atoms with Gasteiger partial charge in [-0.25, -0.2) is 0 Å². The Bertz CT molecular complexity index is 628. The van der Waals surface area contributed by atoms with Gasteiger partial charge in [0.15, 0.2) is 0 Å². The van der Waals surface area contributed by atoms with Crippen LogP contribution in [-0.4, -0.2) is 29.1 Å². The van der Waals surface area contributed by atoms with Crippen molar-refractivity contribution in [3.8, 4) is 6.07 Å². The minimum atomic E-state index is -0.845. The van der Waals surface area contributed by atoms with Gasteiger partial charge < -0.3 is 10.0 Å². The molecule has 1 saturated heterocycles. The number of hydrogen-bond acceptors (Lipinski definition) is 5. The highest BCUT2D eigenvalue weighted by molar-refractivity contribution is 5.75. The molecule has 0 radical (unpaired) electrons. The second kappa shape index (κ2) is 5.40. The maximum atomic E-state index is 11.2. The van der Waals surface area contributed by atoms with Crippen molar-refractivity contribution in [2.24, 2.45) is 5.41 Å². The average molecular weight is 289 g/mol. The van der Waals surface area contributed by atoms with Gasteiger partial charge in [0, 0.05) is 19.2 Å². The number of piperidine rings is 1.